The fraction of sp³-hybridized carbons (Fsp3) is 0.353. The Labute approximate surface area is 153 Å². The molecule has 1 aromatic heterocycles. The van der Waals surface area contributed by atoms with Gasteiger partial charge in [-0.2, -0.15) is 0 Å². The number of hydrogen-bond donors (Lipinski definition) is 2. The lowest BCUT2D eigenvalue weighted by Crippen LogP contribution is -2.21. The van der Waals surface area contributed by atoms with E-state index in [1.807, 2.05) is 13.0 Å². The minimum Gasteiger partial charge on any atom is -0.366 e. The largest absolute Gasteiger partial charge is 0.366 e. The van der Waals surface area contributed by atoms with Gasteiger partial charge >= 0.3 is 0 Å². The topological polar surface area (TPSA) is 105 Å². The summed E-state index contributed by atoms with van der Waals surface area (Å²) >= 11 is 0. The van der Waals surface area contributed by atoms with Crippen molar-refractivity contribution in [2.45, 2.75) is 31.2 Å². The minimum absolute atomic E-state index is 0.0930. The number of rotatable bonds is 5. The molecule has 26 heavy (non-hydrogen) atoms. The zero-order chi connectivity index (χ0) is 18.9. The maximum Gasteiger partial charge on any atom is 0.262 e. The average Bonchev–Trinajstić information content (AvgIpc) is 2.87. The lowest BCUT2D eigenvalue weighted by Gasteiger charge is -2.13. The Morgan fingerprint density at radius 1 is 1.15 bits per heavy atom. The lowest BCUT2D eigenvalue weighted by atomic mass is 10.2. The highest BCUT2D eigenvalue weighted by molar-refractivity contribution is 7.92. The van der Waals surface area contributed by atoms with Crippen LogP contribution in [0.1, 0.15) is 17.5 Å². The van der Waals surface area contributed by atoms with Gasteiger partial charge in [0.2, 0.25) is 0 Å². The molecule has 3 rings (SSSR count). The molecule has 1 aromatic carbocycles. The number of sulfone groups is 1. The molecule has 2 heterocycles. The van der Waals surface area contributed by atoms with Crippen molar-refractivity contribution < 1.29 is 16.8 Å². The summed E-state index contributed by atoms with van der Waals surface area (Å²) in [6.07, 6.45) is 1.96. The molecule has 0 saturated carbocycles. The Balaban J connectivity index is 1.71. The number of anilines is 2. The van der Waals surface area contributed by atoms with Gasteiger partial charge in [-0.25, -0.2) is 21.8 Å². The molecule has 2 N–H and O–H groups in total. The quantitative estimate of drug-likeness (QED) is 0.803. The number of nitrogens with zero attached hydrogens (tertiary/aromatic N) is 1. The summed E-state index contributed by atoms with van der Waals surface area (Å²) in [6.45, 7) is 3.66. The van der Waals surface area contributed by atoms with Crippen LogP contribution in [0.3, 0.4) is 0 Å². The monoisotopic (exact) mass is 395 g/mol. The number of aryl methyl sites for hydroxylation is 2. The van der Waals surface area contributed by atoms with Gasteiger partial charge in [-0.15, -0.1) is 0 Å². The first-order valence-electron chi connectivity index (χ1n) is 8.18. The second-order valence-corrected chi connectivity index (χ2v) is 10.4. The molecule has 0 spiro atoms. The fourth-order valence-electron chi connectivity index (χ4n) is 2.97. The van der Waals surface area contributed by atoms with Gasteiger partial charge in [0.15, 0.2) is 9.84 Å². The van der Waals surface area contributed by atoms with Gasteiger partial charge in [0.05, 0.1) is 28.3 Å². The molecular weight excluding hydrogens is 374 g/mol. The molecule has 7 nitrogen and oxygen atoms in total. The molecular formula is C17H21N3O4S2. The second-order valence-electron chi connectivity index (χ2n) is 6.55. The van der Waals surface area contributed by atoms with Gasteiger partial charge in [-0.05, 0) is 44.0 Å². The number of hydrogen-bond acceptors (Lipinski definition) is 6. The number of benzene rings is 1. The maximum atomic E-state index is 12.5. The fourth-order valence-corrected chi connectivity index (χ4v) is 5.91. The number of pyridine rings is 1. The predicted octanol–water partition coefficient (Wildman–Crippen LogP) is 2.10. The van der Waals surface area contributed by atoms with Crippen LogP contribution in [0.25, 0.3) is 0 Å². The molecule has 0 radical (unpaired) electrons. The first-order valence-corrected chi connectivity index (χ1v) is 11.5. The molecule has 1 unspecified atom stereocenters. The third-order valence-electron chi connectivity index (χ3n) is 4.22. The van der Waals surface area contributed by atoms with Crippen LogP contribution in [0.15, 0.2) is 41.4 Å². The van der Waals surface area contributed by atoms with Crippen LogP contribution in [-0.2, 0) is 19.9 Å². The van der Waals surface area contributed by atoms with Crippen molar-refractivity contribution in [3.63, 3.8) is 0 Å². The normalized spacial score (nSPS) is 19.2. The third-order valence-corrected chi connectivity index (χ3v) is 7.53. The molecule has 0 aliphatic carbocycles. The summed E-state index contributed by atoms with van der Waals surface area (Å²) in [4.78, 5) is 4.40. The summed E-state index contributed by atoms with van der Waals surface area (Å²) in [5.41, 5.74) is 2.01. The first-order chi connectivity index (χ1) is 12.1. The molecule has 140 valence electrons. The van der Waals surface area contributed by atoms with Crippen molar-refractivity contribution in [1.82, 2.24) is 4.98 Å². The number of aromatic nitrogens is 1. The van der Waals surface area contributed by atoms with E-state index in [2.05, 4.69) is 15.0 Å². The SMILES string of the molecule is Cc1ccc(S(=O)(=O)Nc2ccc(NC3CCS(=O)(=O)C3)nc2)c(C)c1. The van der Waals surface area contributed by atoms with Gasteiger partial charge in [-0.3, -0.25) is 4.72 Å². The zero-order valence-corrected chi connectivity index (χ0v) is 16.2. The van der Waals surface area contributed by atoms with Crippen LogP contribution in [0.2, 0.25) is 0 Å². The van der Waals surface area contributed by atoms with Crippen LogP contribution in [0.4, 0.5) is 11.5 Å². The maximum absolute atomic E-state index is 12.5. The van der Waals surface area contributed by atoms with Crippen LogP contribution in [0, 0.1) is 13.8 Å². The van der Waals surface area contributed by atoms with Crippen molar-refractivity contribution >= 4 is 31.4 Å². The molecule has 9 heteroatoms. The standard InChI is InChI=1S/C17H21N3O4S2/c1-12-3-5-16(13(2)9-12)26(23,24)20-14-4-6-17(18-10-14)19-15-7-8-25(21,22)11-15/h3-6,9-10,15,20H,7-8,11H2,1-2H3,(H,18,19). The van der Waals surface area contributed by atoms with Crippen molar-refractivity contribution in [3.05, 3.63) is 47.7 Å². The summed E-state index contributed by atoms with van der Waals surface area (Å²) in [7, 11) is -6.67. The Morgan fingerprint density at radius 3 is 2.50 bits per heavy atom. The molecule has 2 aromatic rings. The summed E-state index contributed by atoms with van der Waals surface area (Å²) in [6, 6.07) is 8.21. The highest BCUT2D eigenvalue weighted by Crippen LogP contribution is 2.21. The molecule has 1 aliphatic heterocycles. The Bertz CT molecular complexity index is 1020. The van der Waals surface area contributed by atoms with E-state index in [0.717, 1.165) is 5.56 Å². The van der Waals surface area contributed by atoms with Crippen molar-refractivity contribution in [1.29, 1.82) is 0 Å². The second kappa shape index (κ2) is 6.88. The average molecular weight is 396 g/mol. The highest BCUT2D eigenvalue weighted by Gasteiger charge is 2.27. The molecule has 0 amide bonds. The van der Waals surface area contributed by atoms with Crippen LogP contribution in [0.5, 0.6) is 0 Å². The predicted molar refractivity (Wildman–Crippen MR) is 102 cm³/mol. The van der Waals surface area contributed by atoms with E-state index in [-0.39, 0.29) is 22.4 Å². The Morgan fingerprint density at radius 2 is 1.92 bits per heavy atom. The molecule has 0 bridgehead atoms. The van der Waals surface area contributed by atoms with E-state index < -0.39 is 19.9 Å². The van der Waals surface area contributed by atoms with Crippen molar-refractivity contribution in [3.8, 4) is 0 Å². The zero-order valence-electron chi connectivity index (χ0n) is 14.6. The van der Waals surface area contributed by atoms with Crippen LogP contribution >= 0.6 is 0 Å². The van der Waals surface area contributed by atoms with E-state index in [1.54, 1.807) is 31.2 Å². The van der Waals surface area contributed by atoms with Crippen LogP contribution in [-0.4, -0.2) is 39.4 Å². The van der Waals surface area contributed by atoms with E-state index >= 15 is 0 Å². The van der Waals surface area contributed by atoms with Crippen molar-refractivity contribution in [2.75, 3.05) is 21.5 Å². The number of nitrogens with one attached hydrogen (secondary N) is 2. The summed E-state index contributed by atoms with van der Waals surface area (Å²) < 4.78 is 50.6. The van der Waals surface area contributed by atoms with Crippen LogP contribution < -0.4 is 10.0 Å². The molecule has 1 fully saturated rings. The molecule has 1 saturated heterocycles. The van der Waals surface area contributed by atoms with Gasteiger partial charge in [-0.1, -0.05) is 17.7 Å². The van der Waals surface area contributed by atoms with Gasteiger partial charge in [0.25, 0.3) is 10.0 Å². The smallest absolute Gasteiger partial charge is 0.262 e. The third kappa shape index (κ3) is 4.34. The summed E-state index contributed by atoms with van der Waals surface area (Å²) in [5, 5.41) is 3.07. The summed E-state index contributed by atoms with van der Waals surface area (Å²) in [5.74, 6) is 0.787. The van der Waals surface area contributed by atoms with Crippen molar-refractivity contribution in [2.24, 2.45) is 0 Å². The van der Waals surface area contributed by atoms with E-state index in [9.17, 15) is 16.8 Å². The first kappa shape index (κ1) is 18.7. The van der Waals surface area contributed by atoms with Gasteiger partial charge in [0, 0.05) is 6.04 Å². The highest BCUT2D eigenvalue weighted by atomic mass is 32.2. The van der Waals surface area contributed by atoms with E-state index in [0.29, 0.717) is 23.5 Å². The van der Waals surface area contributed by atoms with E-state index in [4.69, 9.17) is 0 Å². The molecule has 1 aliphatic rings. The minimum atomic E-state index is -3.70. The Hall–Kier alpha value is -2.13. The Kier molecular flexibility index (Phi) is 4.94. The number of sulfonamides is 1. The van der Waals surface area contributed by atoms with Gasteiger partial charge in [0.1, 0.15) is 5.82 Å². The lowest BCUT2D eigenvalue weighted by molar-refractivity contribution is 0.599. The molecule has 1 atom stereocenters. The van der Waals surface area contributed by atoms with Gasteiger partial charge < -0.3 is 5.32 Å². The van der Waals surface area contributed by atoms with E-state index in [1.165, 1.54) is 6.20 Å².